The fraction of sp³-hybridized carbons (Fsp3) is 0.673. The Hall–Kier alpha value is -4.98. The summed E-state index contributed by atoms with van der Waals surface area (Å²) < 4.78 is 28.9. The van der Waals surface area contributed by atoms with Gasteiger partial charge >= 0.3 is 7.82 Å². The Bertz CT molecular complexity index is 2140. The number of aryl methyl sites for hydroxylation is 2. The number of phosphoric ester groups is 1. The zero-order valence-electron chi connectivity index (χ0n) is 43.4. The molecule has 0 saturated carbocycles. The Kier molecular flexibility index (Phi) is 29.7. The second-order valence-electron chi connectivity index (χ2n) is 19.0. The minimum Gasteiger partial charge on any atom is -0.394 e. The molecule has 2 heterocycles. The molecular weight excluding hydrogens is 1020 g/mol. The smallest absolute Gasteiger partial charge is 0.394 e. The first-order chi connectivity index (χ1) is 35.7. The van der Waals surface area contributed by atoms with Crippen molar-refractivity contribution < 1.29 is 67.0 Å². The molecule has 7 amide bonds. The third kappa shape index (κ3) is 24.7. The van der Waals surface area contributed by atoms with Gasteiger partial charge in [-0.3, -0.25) is 38.1 Å². The first-order valence-electron chi connectivity index (χ1n) is 25.7. The Morgan fingerprint density at radius 3 is 2.09 bits per heavy atom. The molecule has 1 aromatic carbocycles. The monoisotopic (exact) mass is 1100 g/mol. The molecule has 1 aromatic heterocycles. The number of phosphoric acid groups is 1. The van der Waals surface area contributed by atoms with E-state index in [2.05, 4.69) is 60.9 Å². The van der Waals surface area contributed by atoms with Crippen LogP contribution in [-0.2, 0) is 71.5 Å². The van der Waals surface area contributed by atoms with Gasteiger partial charge in [-0.25, -0.2) is 9.55 Å². The van der Waals surface area contributed by atoms with Crippen molar-refractivity contribution in [1.29, 1.82) is 0 Å². The molecule has 7 atom stereocenters. The zero-order chi connectivity index (χ0) is 55.3. The summed E-state index contributed by atoms with van der Waals surface area (Å²) >= 11 is 3.99. The lowest BCUT2D eigenvalue weighted by Crippen LogP contribution is -2.61. The van der Waals surface area contributed by atoms with E-state index in [0.717, 1.165) is 58.3 Å². The van der Waals surface area contributed by atoms with Crippen LogP contribution >= 0.6 is 20.5 Å². The van der Waals surface area contributed by atoms with Gasteiger partial charge in [0.05, 0.1) is 57.9 Å². The quantitative estimate of drug-likeness (QED) is 0.0242. The maximum atomic E-state index is 14.3. The molecule has 3 rings (SSSR count). The number of benzene rings is 1. The molecule has 0 spiro atoms. The van der Waals surface area contributed by atoms with Gasteiger partial charge in [-0.1, -0.05) is 76.3 Å². The number of aliphatic hydroxyl groups excluding tert-OH is 1. The molecule has 422 valence electrons. The van der Waals surface area contributed by atoms with Gasteiger partial charge in [-0.05, 0) is 56.9 Å². The molecule has 75 heavy (non-hydrogen) atoms. The number of thiol groups is 1. The predicted molar refractivity (Wildman–Crippen MR) is 280 cm³/mol. The topological polar surface area (TPSA) is 358 Å². The number of nitrogens with two attached hydrogens (primary N) is 2. The lowest BCUT2D eigenvalue weighted by Gasteiger charge is -2.29. The summed E-state index contributed by atoms with van der Waals surface area (Å²) in [6.07, 6.45) is 10.7. The third-order valence-corrected chi connectivity index (χ3v) is 13.4. The normalized spacial score (nSPS) is 16.1. The molecule has 26 heteroatoms. The van der Waals surface area contributed by atoms with Crippen LogP contribution in [0, 0.1) is 5.92 Å². The first-order valence-corrected chi connectivity index (χ1v) is 27.9. The molecule has 1 aliphatic heterocycles. The summed E-state index contributed by atoms with van der Waals surface area (Å²) in [4.78, 5) is 117. The van der Waals surface area contributed by atoms with Crippen LogP contribution in [0.4, 0.5) is 0 Å². The van der Waals surface area contributed by atoms with Crippen molar-refractivity contribution in [2.75, 3.05) is 51.9 Å². The van der Waals surface area contributed by atoms with E-state index in [9.17, 15) is 53.0 Å². The molecule has 0 aliphatic carbocycles. The Balaban J connectivity index is 1.69. The number of carbonyl (C=O) groups excluding carboxylic acids is 7. The highest BCUT2D eigenvalue weighted by molar-refractivity contribution is 7.80. The van der Waals surface area contributed by atoms with Crippen LogP contribution in [0.2, 0.25) is 0 Å². The Labute approximate surface area is 444 Å². The highest BCUT2D eigenvalue weighted by Crippen LogP contribution is 2.38. The molecular formula is C49H81N10O14PS. The average Bonchev–Trinajstić information content (AvgIpc) is 4.05. The molecule has 0 unspecified atom stereocenters. The molecule has 24 nitrogen and oxygen atoms in total. The molecule has 12 N–H and O–H groups in total. The molecule has 1 aliphatic rings. The van der Waals surface area contributed by atoms with Gasteiger partial charge in [-0.15, -0.1) is 0 Å². The van der Waals surface area contributed by atoms with Crippen molar-refractivity contribution >= 4 is 61.8 Å². The van der Waals surface area contributed by atoms with E-state index in [1.165, 1.54) is 10.5 Å². The lowest BCUT2D eigenvalue weighted by molar-refractivity contribution is -0.140. The number of amides is 7. The summed E-state index contributed by atoms with van der Waals surface area (Å²) in [6.45, 7) is 5.56. The number of hydrogen-bond acceptors (Lipinski definition) is 15. The number of primary amides is 1. The lowest BCUT2D eigenvalue weighted by atomic mass is 10.0. The van der Waals surface area contributed by atoms with Crippen molar-refractivity contribution in [1.82, 2.24) is 41.0 Å². The summed E-state index contributed by atoms with van der Waals surface area (Å²) in [7, 11) is -5.14. The number of aromatic nitrogens is 2. The van der Waals surface area contributed by atoms with Crippen molar-refractivity contribution in [3.8, 4) is 0 Å². The maximum Gasteiger partial charge on any atom is 0.469 e. The van der Waals surface area contributed by atoms with E-state index in [1.807, 2.05) is 36.6 Å². The minimum absolute atomic E-state index is 0.0173. The third-order valence-electron chi connectivity index (χ3n) is 12.4. The summed E-state index contributed by atoms with van der Waals surface area (Å²) in [5, 5.41) is 23.0. The van der Waals surface area contributed by atoms with Gasteiger partial charge in [0, 0.05) is 43.7 Å². The minimum atomic E-state index is -5.14. The van der Waals surface area contributed by atoms with Gasteiger partial charge < -0.3 is 71.9 Å². The molecule has 1 fully saturated rings. The summed E-state index contributed by atoms with van der Waals surface area (Å²) in [5.41, 5.74) is 12.9. The van der Waals surface area contributed by atoms with Crippen molar-refractivity contribution in [2.45, 2.75) is 153 Å². The van der Waals surface area contributed by atoms with Crippen molar-refractivity contribution in [3.05, 3.63) is 54.1 Å². The molecule has 0 radical (unpaired) electrons. The van der Waals surface area contributed by atoms with Gasteiger partial charge in [0.2, 0.25) is 41.4 Å². The Morgan fingerprint density at radius 1 is 0.827 bits per heavy atom. The van der Waals surface area contributed by atoms with E-state index in [1.54, 1.807) is 12.5 Å². The number of hydrogen-bond donors (Lipinski definition) is 11. The highest BCUT2D eigenvalue weighted by Gasteiger charge is 2.38. The molecule has 2 aromatic rings. The van der Waals surface area contributed by atoms with Crippen LogP contribution in [0.5, 0.6) is 0 Å². The number of nitrogens with one attached hydrogen (secondary N) is 5. The van der Waals surface area contributed by atoms with Crippen LogP contribution < -0.4 is 38.1 Å². The largest absolute Gasteiger partial charge is 0.469 e. The number of likely N-dealkylation sites (tertiary alicyclic amines) is 1. The van der Waals surface area contributed by atoms with Gasteiger partial charge in [0.15, 0.2) is 0 Å². The van der Waals surface area contributed by atoms with E-state index in [-0.39, 0.29) is 75.7 Å². The SMILES string of the molecule is CC(C)C[C@H](NC(=O)[C@@H]1CCCN1C(=O)CCOCCOCCNC(=O)[C@@H](N)CS)C(=O)N[C@@H](Cc1cncn1CCCCCCCCCc1ccccc1)C(=O)N[C@@H](CO)C(=O)N[C@H](C(N)=O)[C@@H](C)OP(=O)(O)O. The Morgan fingerprint density at radius 2 is 1.45 bits per heavy atom. The van der Waals surface area contributed by atoms with Crippen LogP contribution in [0.3, 0.4) is 0 Å². The first kappa shape index (κ1) is 64.3. The van der Waals surface area contributed by atoms with Gasteiger partial charge in [0.1, 0.15) is 30.2 Å². The number of unbranched alkanes of at least 4 members (excludes halogenated alkanes) is 6. The van der Waals surface area contributed by atoms with Crippen LogP contribution in [0.25, 0.3) is 0 Å². The average molecular weight is 1100 g/mol. The second kappa shape index (κ2) is 34.6. The van der Waals surface area contributed by atoms with Crippen molar-refractivity contribution in [2.24, 2.45) is 17.4 Å². The number of nitrogens with zero attached hydrogens (tertiary/aromatic N) is 3. The fourth-order valence-corrected chi connectivity index (χ4v) is 9.08. The van der Waals surface area contributed by atoms with Gasteiger partial charge in [0.25, 0.3) is 0 Å². The number of carbonyl (C=O) groups is 7. The highest BCUT2D eigenvalue weighted by atomic mass is 32.1. The number of ether oxygens (including phenoxy) is 2. The van der Waals surface area contributed by atoms with Crippen LogP contribution in [0.15, 0.2) is 42.9 Å². The second-order valence-corrected chi connectivity index (χ2v) is 20.5. The van der Waals surface area contributed by atoms with E-state index >= 15 is 0 Å². The zero-order valence-corrected chi connectivity index (χ0v) is 45.2. The fourth-order valence-electron chi connectivity index (χ4n) is 8.36. The van der Waals surface area contributed by atoms with Crippen LogP contribution in [0.1, 0.15) is 103 Å². The van der Waals surface area contributed by atoms with Crippen molar-refractivity contribution in [3.63, 3.8) is 0 Å². The van der Waals surface area contributed by atoms with Gasteiger partial charge in [-0.2, -0.15) is 12.6 Å². The van der Waals surface area contributed by atoms with E-state index < -0.39 is 86.3 Å². The molecule has 1 saturated heterocycles. The number of imidazole rings is 1. The van der Waals surface area contributed by atoms with E-state index in [4.69, 9.17) is 20.9 Å². The molecule has 0 bridgehead atoms. The van der Waals surface area contributed by atoms with E-state index in [0.29, 0.717) is 31.6 Å². The standard InChI is InChI=1S/C49H81N10O14PS/c1-33(2)27-38(55-49(67)41-18-14-22-59(41)42(61)19-23-71-25-26-72-24-20-53-45(63)37(50)31-75)46(64)54-39(47(65)56-40(30-60)48(66)57-43(44(51)62)34(3)73-74(68,69)70)28-36-29-52-32-58(36)21-13-8-6-4-5-7-10-15-35-16-11-9-12-17-35/h9,11-12,16-17,29,32-34,37-41,43,60,75H,4-8,10,13-15,18-28,30-31,50H2,1-3H3,(H2,51,62)(H,53,63)(H,54,64)(H,55,67)(H,56,65)(H,57,66)(H2,68,69,70)/t34-,37+,38+,39+,40+,41+,43+/m1/s1. The number of rotatable bonds is 38. The summed E-state index contributed by atoms with van der Waals surface area (Å²) in [5.74, 6) is -5.22. The predicted octanol–water partition coefficient (Wildman–Crippen LogP) is 0.147. The maximum absolute atomic E-state index is 14.3. The van der Waals surface area contributed by atoms with Crippen LogP contribution in [-0.4, -0.2) is 165 Å². The summed E-state index contributed by atoms with van der Waals surface area (Å²) in [6, 6.07) is 2.62. The number of aliphatic hydroxyl groups is 1.